The van der Waals surface area contributed by atoms with E-state index in [1.54, 1.807) is 18.2 Å². The molecule has 114 valence electrons. The highest BCUT2D eigenvalue weighted by Gasteiger charge is 2.33. The number of anilines is 1. The molecule has 3 nitrogen and oxygen atoms in total. The van der Waals surface area contributed by atoms with E-state index in [0.717, 1.165) is 12.5 Å². The summed E-state index contributed by atoms with van der Waals surface area (Å²) in [5, 5.41) is 3.57. The van der Waals surface area contributed by atoms with Crippen LogP contribution >= 0.6 is 0 Å². The lowest BCUT2D eigenvalue weighted by Crippen LogP contribution is -2.10. The van der Waals surface area contributed by atoms with Gasteiger partial charge >= 0.3 is 6.18 Å². The first-order chi connectivity index (χ1) is 9.95. The Morgan fingerprint density at radius 2 is 1.95 bits per heavy atom. The molecule has 21 heavy (non-hydrogen) atoms. The highest BCUT2D eigenvalue weighted by atomic mass is 19.4. The summed E-state index contributed by atoms with van der Waals surface area (Å²) in [5.74, 6) is 0.630. The van der Waals surface area contributed by atoms with Crippen LogP contribution in [0.4, 0.5) is 18.9 Å². The van der Waals surface area contributed by atoms with Crippen LogP contribution in [-0.2, 0) is 6.18 Å². The molecule has 0 unspecified atom stereocenters. The Labute approximate surface area is 121 Å². The first-order valence-corrected chi connectivity index (χ1v) is 6.84. The molecule has 0 bridgehead atoms. The van der Waals surface area contributed by atoms with Gasteiger partial charge in [0.05, 0.1) is 12.1 Å². The number of pyridine rings is 1. The van der Waals surface area contributed by atoms with Crippen molar-refractivity contribution in [3.05, 3.63) is 30.0 Å². The number of alkyl halides is 3. The second kappa shape index (κ2) is 6.20. The lowest BCUT2D eigenvalue weighted by atomic mass is 10.1. The van der Waals surface area contributed by atoms with Crippen LogP contribution in [0.25, 0.3) is 10.9 Å². The van der Waals surface area contributed by atoms with Crippen LogP contribution in [0, 0.1) is 0 Å². The predicted molar refractivity (Wildman–Crippen MR) is 76.7 cm³/mol. The molecule has 0 amide bonds. The fraction of sp³-hybridized carbons (Fsp3) is 0.400. The van der Waals surface area contributed by atoms with Crippen LogP contribution in [0.1, 0.15) is 26.0 Å². The van der Waals surface area contributed by atoms with Gasteiger partial charge in [0.1, 0.15) is 11.4 Å². The topological polar surface area (TPSA) is 34.1 Å². The van der Waals surface area contributed by atoms with E-state index in [1.165, 1.54) is 0 Å². The molecule has 1 aromatic carbocycles. The van der Waals surface area contributed by atoms with Crippen molar-refractivity contribution >= 4 is 16.6 Å². The van der Waals surface area contributed by atoms with Gasteiger partial charge in [-0.05, 0) is 37.6 Å². The van der Waals surface area contributed by atoms with E-state index in [0.29, 0.717) is 35.5 Å². The van der Waals surface area contributed by atoms with E-state index in [9.17, 15) is 13.2 Å². The largest absolute Gasteiger partial charge is 0.494 e. The quantitative estimate of drug-likeness (QED) is 0.884. The maximum atomic E-state index is 12.9. The predicted octanol–water partition coefficient (Wildman–Crippen LogP) is 4.47. The van der Waals surface area contributed by atoms with E-state index in [-0.39, 0.29) is 0 Å². The van der Waals surface area contributed by atoms with Gasteiger partial charge in [-0.2, -0.15) is 13.2 Å². The maximum absolute atomic E-state index is 12.9. The third kappa shape index (κ3) is 3.56. The van der Waals surface area contributed by atoms with Crippen molar-refractivity contribution in [2.24, 2.45) is 0 Å². The van der Waals surface area contributed by atoms with E-state index in [4.69, 9.17) is 4.74 Å². The monoisotopic (exact) mass is 298 g/mol. The molecule has 0 spiro atoms. The molecule has 0 saturated carbocycles. The third-order valence-corrected chi connectivity index (χ3v) is 2.91. The SMILES string of the molecule is CCCOc1ccc2nc(C(F)(F)F)cc(NCC)c2c1. The number of rotatable bonds is 5. The average molecular weight is 298 g/mol. The number of benzene rings is 1. The molecule has 0 fully saturated rings. The minimum atomic E-state index is -4.46. The number of hydrogen-bond donors (Lipinski definition) is 1. The number of nitrogens with one attached hydrogen (secondary N) is 1. The summed E-state index contributed by atoms with van der Waals surface area (Å²) in [5.41, 5.74) is -0.186. The molecule has 0 saturated heterocycles. The molecule has 0 aliphatic heterocycles. The van der Waals surface area contributed by atoms with E-state index in [2.05, 4.69) is 10.3 Å². The van der Waals surface area contributed by atoms with E-state index < -0.39 is 11.9 Å². The van der Waals surface area contributed by atoms with Gasteiger partial charge in [0.25, 0.3) is 0 Å². The molecule has 0 atom stereocenters. The van der Waals surface area contributed by atoms with Gasteiger partial charge in [0, 0.05) is 17.6 Å². The molecule has 1 heterocycles. The smallest absolute Gasteiger partial charge is 0.433 e. The van der Waals surface area contributed by atoms with Crippen LogP contribution in [0.3, 0.4) is 0 Å². The first-order valence-electron chi connectivity index (χ1n) is 6.84. The van der Waals surface area contributed by atoms with Gasteiger partial charge in [0.2, 0.25) is 0 Å². The molecule has 0 radical (unpaired) electrons. The summed E-state index contributed by atoms with van der Waals surface area (Å²) in [6.07, 6.45) is -3.60. The lowest BCUT2D eigenvalue weighted by Gasteiger charge is -2.13. The number of aromatic nitrogens is 1. The van der Waals surface area contributed by atoms with Crippen LogP contribution in [-0.4, -0.2) is 18.1 Å². The number of halogens is 3. The standard InChI is InChI=1S/C15H17F3N2O/c1-3-7-21-10-5-6-12-11(8-10)13(19-4-2)9-14(20-12)15(16,17)18/h5-6,8-9H,3-4,7H2,1-2H3,(H,19,20). The summed E-state index contributed by atoms with van der Waals surface area (Å²) >= 11 is 0. The fourth-order valence-electron chi connectivity index (χ4n) is 2.00. The molecule has 0 aliphatic carbocycles. The van der Waals surface area contributed by atoms with Gasteiger partial charge in [-0.3, -0.25) is 0 Å². The Balaban J connectivity index is 2.53. The minimum absolute atomic E-state index is 0.296. The van der Waals surface area contributed by atoms with Crippen molar-refractivity contribution < 1.29 is 17.9 Å². The molecule has 1 N–H and O–H groups in total. The lowest BCUT2D eigenvalue weighted by molar-refractivity contribution is -0.140. The zero-order valence-corrected chi connectivity index (χ0v) is 11.9. The second-order valence-electron chi connectivity index (χ2n) is 4.61. The normalized spacial score (nSPS) is 11.7. The Morgan fingerprint density at radius 3 is 2.57 bits per heavy atom. The first kappa shape index (κ1) is 15.4. The molecule has 6 heteroatoms. The van der Waals surface area contributed by atoms with Crippen molar-refractivity contribution in [3.8, 4) is 5.75 Å². The van der Waals surface area contributed by atoms with Crippen molar-refractivity contribution in [1.82, 2.24) is 4.98 Å². The minimum Gasteiger partial charge on any atom is -0.494 e. The van der Waals surface area contributed by atoms with E-state index in [1.807, 2.05) is 13.8 Å². The van der Waals surface area contributed by atoms with Crippen LogP contribution in [0.5, 0.6) is 5.75 Å². The van der Waals surface area contributed by atoms with Crippen LogP contribution < -0.4 is 10.1 Å². The molecular weight excluding hydrogens is 281 g/mol. The van der Waals surface area contributed by atoms with Crippen molar-refractivity contribution in [3.63, 3.8) is 0 Å². The summed E-state index contributed by atoms with van der Waals surface area (Å²) in [7, 11) is 0. The molecule has 1 aromatic heterocycles. The number of hydrogen-bond acceptors (Lipinski definition) is 3. The highest BCUT2D eigenvalue weighted by Crippen LogP contribution is 2.34. The fourth-order valence-corrected chi connectivity index (χ4v) is 2.00. The number of nitrogens with zero attached hydrogens (tertiary/aromatic N) is 1. The van der Waals surface area contributed by atoms with Gasteiger partial charge in [-0.1, -0.05) is 6.92 Å². The third-order valence-electron chi connectivity index (χ3n) is 2.91. The Hall–Kier alpha value is -1.98. The molecular formula is C15H17F3N2O. The summed E-state index contributed by atoms with van der Waals surface area (Å²) in [6, 6.07) is 5.95. The zero-order chi connectivity index (χ0) is 15.5. The number of fused-ring (bicyclic) bond motifs is 1. The van der Waals surface area contributed by atoms with Crippen molar-refractivity contribution in [1.29, 1.82) is 0 Å². The Morgan fingerprint density at radius 1 is 1.19 bits per heavy atom. The molecule has 0 aliphatic rings. The highest BCUT2D eigenvalue weighted by molar-refractivity contribution is 5.92. The van der Waals surface area contributed by atoms with Gasteiger partial charge < -0.3 is 10.1 Å². The van der Waals surface area contributed by atoms with Gasteiger partial charge in [0.15, 0.2) is 0 Å². The van der Waals surface area contributed by atoms with E-state index >= 15 is 0 Å². The summed E-state index contributed by atoms with van der Waals surface area (Å²) < 4.78 is 44.1. The van der Waals surface area contributed by atoms with Crippen molar-refractivity contribution in [2.45, 2.75) is 26.4 Å². The van der Waals surface area contributed by atoms with Gasteiger partial charge in [-0.25, -0.2) is 4.98 Å². The molecule has 2 aromatic rings. The van der Waals surface area contributed by atoms with Crippen molar-refractivity contribution in [2.75, 3.05) is 18.5 Å². The van der Waals surface area contributed by atoms with Crippen LogP contribution in [0.2, 0.25) is 0 Å². The second-order valence-corrected chi connectivity index (χ2v) is 4.61. The van der Waals surface area contributed by atoms with Crippen LogP contribution in [0.15, 0.2) is 24.3 Å². The molecule has 2 rings (SSSR count). The Bertz CT molecular complexity index is 626. The number of ether oxygens (including phenoxy) is 1. The van der Waals surface area contributed by atoms with Gasteiger partial charge in [-0.15, -0.1) is 0 Å². The summed E-state index contributed by atoms with van der Waals surface area (Å²) in [4.78, 5) is 3.69. The Kier molecular flexibility index (Phi) is 4.55. The summed E-state index contributed by atoms with van der Waals surface area (Å²) in [6.45, 7) is 4.91. The zero-order valence-electron chi connectivity index (χ0n) is 11.9. The maximum Gasteiger partial charge on any atom is 0.433 e. The average Bonchev–Trinajstić information content (AvgIpc) is 2.44.